The van der Waals surface area contributed by atoms with E-state index < -0.39 is 0 Å². The predicted molar refractivity (Wildman–Crippen MR) is 92.9 cm³/mol. The zero-order valence-electron chi connectivity index (χ0n) is 15.5. The van der Waals surface area contributed by atoms with Gasteiger partial charge in [0, 0.05) is 44.8 Å². The molecule has 3 amide bonds. The summed E-state index contributed by atoms with van der Waals surface area (Å²) in [5.41, 5.74) is -0.181. The van der Waals surface area contributed by atoms with Crippen molar-refractivity contribution in [2.24, 2.45) is 0 Å². The summed E-state index contributed by atoms with van der Waals surface area (Å²) in [6, 6.07) is -0.0707. The van der Waals surface area contributed by atoms with Gasteiger partial charge in [0.1, 0.15) is 0 Å². The number of amides is 3. The first-order chi connectivity index (χ1) is 11.3. The molecule has 24 heavy (non-hydrogen) atoms. The quantitative estimate of drug-likeness (QED) is 0.820. The van der Waals surface area contributed by atoms with Gasteiger partial charge in [-0.15, -0.1) is 0 Å². The maximum absolute atomic E-state index is 12.5. The van der Waals surface area contributed by atoms with Crippen molar-refractivity contribution in [3.8, 4) is 0 Å². The molecule has 2 heterocycles. The number of morpholine rings is 1. The minimum atomic E-state index is -0.181. The molecule has 1 atom stereocenters. The van der Waals surface area contributed by atoms with Crippen molar-refractivity contribution in [3.05, 3.63) is 0 Å². The van der Waals surface area contributed by atoms with Crippen molar-refractivity contribution >= 4 is 11.9 Å². The second kappa shape index (κ2) is 8.16. The van der Waals surface area contributed by atoms with Gasteiger partial charge in [0.05, 0.1) is 19.3 Å². The molecule has 2 saturated heterocycles. The lowest BCUT2D eigenvalue weighted by molar-refractivity contribution is -0.128. The van der Waals surface area contributed by atoms with Gasteiger partial charge in [0.2, 0.25) is 5.91 Å². The van der Waals surface area contributed by atoms with Gasteiger partial charge in [-0.3, -0.25) is 9.69 Å². The Morgan fingerprint density at radius 1 is 1.04 bits per heavy atom. The molecule has 0 aromatic rings. The Bertz CT molecular complexity index is 441. The highest BCUT2D eigenvalue weighted by atomic mass is 16.5. The van der Waals surface area contributed by atoms with E-state index >= 15 is 0 Å². The van der Waals surface area contributed by atoms with Gasteiger partial charge in [-0.05, 0) is 27.2 Å². The fourth-order valence-corrected chi connectivity index (χ4v) is 2.95. The number of carbonyl (C=O) groups is 2. The van der Waals surface area contributed by atoms with Crippen LogP contribution >= 0.6 is 0 Å². The lowest BCUT2D eigenvalue weighted by Crippen LogP contribution is -2.59. The van der Waals surface area contributed by atoms with E-state index in [0.717, 1.165) is 19.5 Å². The van der Waals surface area contributed by atoms with E-state index in [9.17, 15) is 9.59 Å². The number of carbonyl (C=O) groups excluding carboxylic acids is 2. The number of ether oxygens (including phenoxy) is 1. The SMILES string of the molecule is CCC(C)(C)NC(=O)C(C)N1CCN(C(=O)N2CCOCC2)CC1. The fraction of sp³-hybridized carbons (Fsp3) is 0.882. The summed E-state index contributed by atoms with van der Waals surface area (Å²) in [5, 5.41) is 3.11. The standard InChI is InChI=1S/C17H32N4O3/c1-5-17(3,4)18-15(22)14(2)19-6-8-20(9-7-19)16(23)21-10-12-24-13-11-21/h14H,5-13H2,1-4H3,(H,18,22). The molecule has 7 nitrogen and oxygen atoms in total. The number of piperazine rings is 1. The van der Waals surface area contributed by atoms with Gasteiger partial charge in [-0.25, -0.2) is 4.79 Å². The highest BCUT2D eigenvalue weighted by Crippen LogP contribution is 2.12. The second-order valence-corrected chi connectivity index (χ2v) is 7.31. The van der Waals surface area contributed by atoms with Crippen molar-refractivity contribution in [1.29, 1.82) is 0 Å². The summed E-state index contributed by atoms with van der Waals surface area (Å²) in [4.78, 5) is 30.8. The first-order valence-electron chi connectivity index (χ1n) is 9.02. The average Bonchev–Trinajstić information content (AvgIpc) is 2.61. The van der Waals surface area contributed by atoms with E-state index in [-0.39, 0.29) is 23.5 Å². The largest absolute Gasteiger partial charge is 0.378 e. The number of nitrogens with zero attached hydrogens (tertiary/aromatic N) is 3. The number of rotatable bonds is 4. The summed E-state index contributed by atoms with van der Waals surface area (Å²) in [7, 11) is 0. The van der Waals surface area contributed by atoms with Gasteiger partial charge in [-0.1, -0.05) is 6.92 Å². The molecule has 0 spiro atoms. The van der Waals surface area contributed by atoms with Crippen LogP contribution in [0, 0.1) is 0 Å². The average molecular weight is 340 g/mol. The van der Waals surface area contributed by atoms with Gasteiger partial charge in [0.25, 0.3) is 0 Å². The third-order valence-electron chi connectivity index (χ3n) is 5.14. The Labute approximate surface area is 145 Å². The maximum Gasteiger partial charge on any atom is 0.320 e. The summed E-state index contributed by atoms with van der Waals surface area (Å²) >= 11 is 0. The smallest absolute Gasteiger partial charge is 0.320 e. The first kappa shape index (κ1) is 19.0. The predicted octanol–water partition coefficient (Wildman–Crippen LogP) is 0.750. The van der Waals surface area contributed by atoms with Crippen molar-refractivity contribution in [1.82, 2.24) is 20.0 Å². The minimum Gasteiger partial charge on any atom is -0.378 e. The highest BCUT2D eigenvalue weighted by molar-refractivity contribution is 5.82. The molecular formula is C17H32N4O3. The van der Waals surface area contributed by atoms with E-state index in [4.69, 9.17) is 4.74 Å². The Hall–Kier alpha value is -1.34. The molecule has 1 N–H and O–H groups in total. The molecule has 7 heteroatoms. The molecule has 0 aliphatic carbocycles. The van der Waals surface area contributed by atoms with E-state index in [1.165, 1.54) is 0 Å². The third kappa shape index (κ3) is 4.83. The van der Waals surface area contributed by atoms with Crippen molar-refractivity contribution in [2.45, 2.75) is 45.7 Å². The monoisotopic (exact) mass is 340 g/mol. The topological polar surface area (TPSA) is 65.1 Å². The van der Waals surface area contributed by atoms with E-state index in [1.807, 2.05) is 30.6 Å². The van der Waals surface area contributed by atoms with Crippen LogP contribution in [-0.4, -0.2) is 90.7 Å². The van der Waals surface area contributed by atoms with Crippen LogP contribution in [0.5, 0.6) is 0 Å². The lowest BCUT2D eigenvalue weighted by atomic mass is 10.0. The van der Waals surface area contributed by atoms with Crippen molar-refractivity contribution in [3.63, 3.8) is 0 Å². The molecule has 2 rings (SSSR count). The number of hydrogen-bond donors (Lipinski definition) is 1. The van der Waals surface area contributed by atoms with Gasteiger partial charge < -0.3 is 19.9 Å². The Morgan fingerprint density at radius 2 is 1.58 bits per heavy atom. The number of urea groups is 1. The van der Waals surface area contributed by atoms with Crippen LogP contribution in [0.1, 0.15) is 34.1 Å². The van der Waals surface area contributed by atoms with Crippen LogP contribution in [0.15, 0.2) is 0 Å². The first-order valence-corrected chi connectivity index (χ1v) is 9.02. The molecule has 0 bridgehead atoms. The number of nitrogens with one attached hydrogen (secondary N) is 1. The second-order valence-electron chi connectivity index (χ2n) is 7.31. The summed E-state index contributed by atoms with van der Waals surface area (Å²) < 4.78 is 5.30. The molecule has 138 valence electrons. The molecule has 0 aromatic heterocycles. The van der Waals surface area contributed by atoms with Crippen LogP contribution in [0.25, 0.3) is 0 Å². The Balaban J connectivity index is 1.81. The zero-order valence-corrected chi connectivity index (χ0v) is 15.5. The van der Waals surface area contributed by atoms with Crippen LogP contribution in [0.4, 0.5) is 4.79 Å². The number of hydrogen-bond acceptors (Lipinski definition) is 4. The molecular weight excluding hydrogens is 308 g/mol. The van der Waals surface area contributed by atoms with Gasteiger partial charge in [-0.2, -0.15) is 0 Å². The van der Waals surface area contributed by atoms with Crippen LogP contribution in [0.3, 0.4) is 0 Å². The van der Waals surface area contributed by atoms with Crippen LogP contribution in [-0.2, 0) is 9.53 Å². The van der Waals surface area contributed by atoms with Crippen molar-refractivity contribution in [2.75, 3.05) is 52.5 Å². The van der Waals surface area contributed by atoms with E-state index in [0.29, 0.717) is 39.4 Å². The molecule has 2 fully saturated rings. The molecule has 0 radical (unpaired) electrons. The maximum atomic E-state index is 12.5. The Morgan fingerprint density at radius 3 is 2.12 bits per heavy atom. The van der Waals surface area contributed by atoms with E-state index in [1.54, 1.807) is 0 Å². The normalized spacial score (nSPS) is 21.5. The molecule has 1 unspecified atom stereocenters. The Kier molecular flexibility index (Phi) is 6.46. The molecule has 0 aromatic carbocycles. The van der Waals surface area contributed by atoms with Crippen LogP contribution in [0.2, 0.25) is 0 Å². The summed E-state index contributed by atoms with van der Waals surface area (Å²) in [6.07, 6.45) is 0.896. The highest BCUT2D eigenvalue weighted by Gasteiger charge is 2.31. The van der Waals surface area contributed by atoms with E-state index in [2.05, 4.69) is 17.1 Å². The minimum absolute atomic E-state index is 0.0646. The lowest BCUT2D eigenvalue weighted by Gasteiger charge is -2.40. The third-order valence-corrected chi connectivity index (χ3v) is 5.14. The molecule has 2 aliphatic rings. The van der Waals surface area contributed by atoms with Gasteiger partial charge >= 0.3 is 6.03 Å². The summed E-state index contributed by atoms with van der Waals surface area (Å²) in [5.74, 6) is 0.0646. The zero-order chi connectivity index (χ0) is 17.7. The summed E-state index contributed by atoms with van der Waals surface area (Å²) in [6.45, 7) is 13.5. The molecule has 2 aliphatic heterocycles. The van der Waals surface area contributed by atoms with Gasteiger partial charge in [0.15, 0.2) is 0 Å². The molecule has 0 saturated carbocycles. The fourth-order valence-electron chi connectivity index (χ4n) is 2.95. The van der Waals surface area contributed by atoms with Crippen LogP contribution < -0.4 is 5.32 Å². The van der Waals surface area contributed by atoms with Crippen molar-refractivity contribution < 1.29 is 14.3 Å².